The largest absolute Gasteiger partial charge is 0.484 e. The number of rotatable bonds is 6. The summed E-state index contributed by atoms with van der Waals surface area (Å²) in [5.41, 5.74) is -0.178. The summed E-state index contributed by atoms with van der Waals surface area (Å²) in [4.78, 5) is 12.3. The molecule has 1 aromatic carbocycles. The summed E-state index contributed by atoms with van der Waals surface area (Å²) in [7, 11) is 0. The molecule has 5 rings (SSSR count). The number of nitrogens with one attached hydrogen (secondary N) is 3. The number of hydrogen-bond acceptors (Lipinski definition) is 5. The quantitative estimate of drug-likeness (QED) is 0.672. The molecule has 2 unspecified atom stereocenters. The zero-order chi connectivity index (χ0) is 19.7. The molecule has 8 heteroatoms. The molecule has 6 nitrogen and oxygen atoms in total. The van der Waals surface area contributed by atoms with Gasteiger partial charge >= 0.3 is 0 Å². The summed E-state index contributed by atoms with van der Waals surface area (Å²) in [5.74, 6) is 0.0380. The molecule has 1 amide bonds. The summed E-state index contributed by atoms with van der Waals surface area (Å²) < 4.78 is 18.8. The molecule has 3 N–H and O–H groups in total. The van der Waals surface area contributed by atoms with Crippen molar-refractivity contribution in [3.05, 3.63) is 29.0 Å². The fourth-order valence-electron chi connectivity index (χ4n) is 4.85. The smallest absolute Gasteiger partial charge is 0.258 e. The van der Waals surface area contributed by atoms with Crippen molar-refractivity contribution < 1.29 is 13.9 Å². The van der Waals surface area contributed by atoms with E-state index in [0.29, 0.717) is 12.0 Å². The van der Waals surface area contributed by atoms with Crippen LogP contribution in [-0.4, -0.2) is 43.2 Å². The third-order valence-corrected chi connectivity index (χ3v) is 6.53. The Hall–Kier alpha value is -1.88. The van der Waals surface area contributed by atoms with Crippen LogP contribution >= 0.6 is 11.6 Å². The molecule has 28 heavy (non-hydrogen) atoms. The maximum absolute atomic E-state index is 13.4. The fraction of sp³-hybridized carbons (Fsp3) is 0.600. The van der Waals surface area contributed by atoms with Gasteiger partial charge < -0.3 is 20.7 Å². The Morgan fingerprint density at radius 2 is 2.21 bits per heavy atom. The second-order valence-corrected chi connectivity index (χ2v) is 8.58. The Labute approximate surface area is 168 Å². The lowest BCUT2D eigenvalue weighted by molar-refractivity contribution is -0.125. The van der Waals surface area contributed by atoms with Gasteiger partial charge in [-0.2, -0.15) is 5.26 Å². The second-order valence-electron chi connectivity index (χ2n) is 8.17. The van der Waals surface area contributed by atoms with E-state index in [1.807, 2.05) is 0 Å². The van der Waals surface area contributed by atoms with Gasteiger partial charge in [0.15, 0.2) is 6.61 Å². The van der Waals surface area contributed by atoms with E-state index in [2.05, 4.69) is 22.0 Å². The highest BCUT2D eigenvalue weighted by Crippen LogP contribution is 2.52. The Morgan fingerprint density at radius 3 is 2.96 bits per heavy atom. The molecule has 1 aromatic rings. The van der Waals surface area contributed by atoms with E-state index < -0.39 is 5.82 Å². The molecular weight excluding hydrogens is 383 g/mol. The van der Waals surface area contributed by atoms with Crippen molar-refractivity contribution in [2.24, 2.45) is 11.8 Å². The highest BCUT2D eigenvalue weighted by Gasteiger charge is 2.57. The normalized spacial score (nSPS) is 33.6. The molecule has 4 aliphatic rings. The van der Waals surface area contributed by atoms with Crippen LogP contribution in [0.4, 0.5) is 4.39 Å². The number of nitriles is 1. The van der Waals surface area contributed by atoms with Crippen LogP contribution < -0.4 is 20.7 Å². The lowest BCUT2D eigenvalue weighted by atomic mass is 9.76. The van der Waals surface area contributed by atoms with Gasteiger partial charge in [-0.1, -0.05) is 11.6 Å². The van der Waals surface area contributed by atoms with Gasteiger partial charge in [-0.15, -0.1) is 0 Å². The van der Waals surface area contributed by atoms with Gasteiger partial charge in [0, 0.05) is 30.2 Å². The molecule has 1 saturated heterocycles. The average Bonchev–Trinajstić information content (AvgIpc) is 3.16. The number of amides is 1. The molecule has 0 spiro atoms. The third-order valence-electron chi connectivity index (χ3n) is 6.23. The van der Waals surface area contributed by atoms with Crippen molar-refractivity contribution in [1.29, 1.82) is 5.26 Å². The summed E-state index contributed by atoms with van der Waals surface area (Å²) in [6.07, 6.45) is 3.73. The average molecular weight is 407 g/mol. The summed E-state index contributed by atoms with van der Waals surface area (Å²) >= 11 is 5.65. The number of carbonyl (C=O) groups is 1. The minimum absolute atomic E-state index is 0.00902. The Morgan fingerprint density at radius 1 is 1.39 bits per heavy atom. The number of fused-ring (bicyclic) bond motifs is 1. The van der Waals surface area contributed by atoms with E-state index in [1.54, 1.807) is 0 Å². The fourth-order valence-corrected chi connectivity index (χ4v) is 4.96. The van der Waals surface area contributed by atoms with Gasteiger partial charge in [0.2, 0.25) is 0 Å². The SMILES string of the molecule is N#CC1CNCCC1N[C@H]1CC2(NC(=O)COc3ccc(Cl)c(F)c3)CC1C2. The van der Waals surface area contributed by atoms with Crippen molar-refractivity contribution in [2.75, 3.05) is 19.7 Å². The van der Waals surface area contributed by atoms with Crippen LogP contribution in [0.15, 0.2) is 18.2 Å². The van der Waals surface area contributed by atoms with E-state index in [-0.39, 0.29) is 40.8 Å². The number of ether oxygens (including phenoxy) is 1. The van der Waals surface area contributed by atoms with Gasteiger partial charge in [0.05, 0.1) is 17.0 Å². The van der Waals surface area contributed by atoms with Crippen molar-refractivity contribution in [3.8, 4) is 11.8 Å². The lowest BCUT2D eigenvalue weighted by Gasteiger charge is -2.39. The monoisotopic (exact) mass is 406 g/mol. The van der Waals surface area contributed by atoms with Crippen LogP contribution in [0, 0.1) is 29.0 Å². The number of nitrogens with zero attached hydrogens (tertiary/aromatic N) is 1. The Kier molecular flexibility index (Phi) is 5.46. The first kappa shape index (κ1) is 19.4. The molecule has 1 aliphatic heterocycles. The highest BCUT2D eigenvalue weighted by molar-refractivity contribution is 6.30. The molecule has 150 valence electrons. The molecule has 0 radical (unpaired) electrons. The number of carbonyl (C=O) groups excluding carboxylic acids is 1. The molecule has 0 aromatic heterocycles. The van der Waals surface area contributed by atoms with E-state index in [1.165, 1.54) is 18.2 Å². The first-order valence-electron chi connectivity index (χ1n) is 9.73. The van der Waals surface area contributed by atoms with Gasteiger partial charge in [-0.25, -0.2) is 4.39 Å². The minimum Gasteiger partial charge on any atom is -0.484 e. The summed E-state index contributed by atoms with van der Waals surface area (Å²) in [6.45, 7) is 1.50. The zero-order valence-corrected chi connectivity index (χ0v) is 16.3. The maximum atomic E-state index is 13.4. The number of benzene rings is 1. The van der Waals surface area contributed by atoms with Crippen molar-refractivity contribution in [2.45, 2.75) is 43.3 Å². The van der Waals surface area contributed by atoms with Gasteiger partial charge in [0.1, 0.15) is 11.6 Å². The van der Waals surface area contributed by atoms with Gasteiger partial charge in [-0.05, 0) is 50.3 Å². The molecule has 3 aliphatic carbocycles. The summed E-state index contributed by atoms with van der Waals surface area (Å²) in [5, 5.41) is 19.4. The molecule has 2 bridgehead atoms. The standard InChI is InChI=1S/C20H24ClFN4O2/c21-15-2-1-14(5-16(15)22)28-11-19(27)26-20-6-12(7-20)18(8-20)25-17-3-4-24-10-13(17)9-23/h1-2,5,12-13,17-18,24-25H,3-4,6-8,10-11H2,(H,26,27)/t12?,13?,17?,18-,20?/m0/s1. The molecule has 3 atom stereocenters. The lowest BCUT2D eigenvalue weighted by Crippen LogP contribution is -2.53. The topological polar surface area (TPSA) is 86.2 Å². The molecule has 3 saturated carbocycles. The maximum Gasteiger partial charge on any atom is 0.258 e. The van der Waals surface area contributed by atoms with Crippen LogP contribution in [0.3, 0.4) is 0 Å². The zero-order valence-electron chi connectivity index (χ0n) is 15.5. The van der Waals surface area contributed by atoms with Crippen LogP contribution in [0.5, 0.6) is 5.75 Å². The molecule has 4 fully saturated rings. The first-order chi connectivity index (χ1) is 13.5. The van der Waals surface area contributed by atoms with Crippen molar-refractivity contribution >= 4 is 17.5 Å². The van der Waals surface area contributed by atoms with Crippen LogP contribution in [0.1, 0.15) is 25.7 Å². The highest BCUT2D eigenvalue weighted by atomic mass is 35.5. The number of hydrogen-bond donors (Lipinski definition) is 3. The Balaban J connectivity index is 1.26. The van der Waals surface area contributed by atoms with Gasteiger partial charge in [0.25, 0.3) is 5.91 Å². The van der Waals surface area contributed by atoms with Crippen molar-refractivity contribution in [3.63, 3.8) is 0 Å². The number of piperidine rings is 1. The van der Waals surface area contributed by atoms with Crippen LogP contribution in [0.2, 0.25) is 5.02 Å². The predicted octanol–water partition coefficient (Wildman–Crippen LogP) is 1.99. The van der Waals surface area contributed by atoms with E-state index in [4.69, 9.17) is 16.3 Å². The number of halogens is 2. The van der Waals surface area contributed by atoms with E-state index in [0.717, 1.165) is 38.8 Å². The molecular formula is C20H24ClFN4O2. The van der Waals surface area contributed by atoms with E-state index in [9.17, 15) is 14.4 Å². The Bertz CT molecular complexity index is 793. The predicted molar refractivity (Wildman–Crippen MR) is 102 cm³/mol. The van der Waals surface area contributed by atoms with Gasteiger partial charge in [-0.3, -0.25) is 4.79 Å². The van der Waals surface area contributed by atoms with Crippen LogP contribution in [0.25, 0.3) is 0 Å². The second kappa shape index (κ2) is 7.86. The third kappa shape index (κ3) is 3.95. The summed E-state index contributed by atoms with van der Waals surface area (Å²) in [6, 6.07) is 7.06. The first-order valence-corrected chi connectivity index (χ1v) is 10.1. The van der Waals surface area contributed by atoms with E-state index >= 15 is 0 Å². The molecule has 1 heterocycles. The minimum atomic E-state index is -0.571. The van der Waals surface area contributed by atoms with Crippen LogP contribution in [-0.2, 0) is 4.79 Å². The van der Waals surface area contributed by atoms with Crippen molar-refractivity contribution in [1.82, 2.24) is 16.0 Å².